The van der Waals surface area contributed by atoms with E-state index in [1.54, 1.807) is 20.1 Å². The maximum Gasteiger partial charge on any atom is 0.124 e. The molecule has 1 unspecified atom stereocenters. The number of hydrogen-bond donors (Lipinski definition) is 1. The summed E-state index contributed by atoms with van der Waals surface area (Å²) in [4.78, 5) is 0. The van der Waals surface area contributed by atoms with Gasteiger partial charge in [0.25, 0.3) is 0 Å². The Morgan fingerprint density at radius 1 is 1.20 bits per heavy atom. The summed E-state index contributed by atoms with van der Waals surface area (Å²) in [5.74, 6) is 0.389. The zero-order chi connectivity index (χ0) is 14.8. The fourth-order valence-electron chi connectivity index (χ4n) is 2.41. The topological polar surface area (TPSA) is 29.5 Å². The van der Waals surface area contributed by atoms with Crippen LogP contribution in [0.1, 0.15) is 23.6 Å². The summed E-state index contributed by atoms with van der Waals surface area (Å²) in [5, 5.41) is 10.8. The van der Waals surface area contributed by atoms with Crippen LogP contribution < -0.4 is 4.74 Å². The third-order valence-electron chi connectivity index (χ3n) is 3.53. The highest BCUT2D eigenvalue weighted by Crippen LogP contribution is 2.33. The first-order valence-corrected chi connectivity index (χ1v) is 6.55. The largest absolute Gasteiger partial charge is 0.496 e. The fourth-order valence-corrected chi connectivity index (χ4v) is 2.41. The first-order valence-electron chi connectivity index (χ1n) is 6.55. The molecule has 2 nitrogen and oxygen atoms in total. The number of halogens is 1. The van der Waals surface area contributed by atoms with Crippen LogP contribution in [-0.2, 0) is 12.0 Å². The molecule has 2 rings (SSSR count). The molecule has 3 heteroatoms. The van der Waals surface area contributed by atoms with E-state index in [1.807, 2.05) is 31.2 Å². The molecule has 0 amide bonds. The fraction of sp³-hybridized carbons (Fsp3) is 0.294. The molecule has 2 aromatic carbocycles. The molecule has 0 bridgehead atoms. The van der Waals surface area contributed by atoms with Gasteiger partial charge in [-0.15, -0.1) is 0 Å². The standard InChI is InChI=1S/C17H19FO2/c1-12-10-14(18)9-8-13(12)11-17(2,19)15-6-4-5-7-16(15)20-3/h4-10,19H,11H2,1-3H3. The Hall–Kier alpha value is -1.87. The number of aryl methyl sites for hydroxylation is 1. The summed E-state index contributed by atoms with van der Waals surface area (Å²) in [6, 6.07) is 12.0. The molecule has 0 heterocycles. The number of rotatable bonds is 4. The normalized spacial score (nSPS) is 13.8. The Morgan fingerprint density at radius 3 is 2.55 bits per heavy atom. The minimum Gasteiger partial charge on any atom is -0.496 e. The Morgan fingerprint density at radius 2 is 1.90 bits per heavy atom. The van der Waals surface area contributed by atoms with Crippen molar-refractivity contribution in [3.05, 3.63) is 65.0 Å². The molecule has 20 heavy (non-hydrogen) atoms. The van der Waals surface area contributed by atoms with Gasteiger partial charge in [-0.1, -0.05) is 24.3 Å². The van der Waals surface area contributed by atoms with Crippen LogP contribution in [-0.4, -0.2) is 12.2 Å². The van der Waals surface area contributed by atoms with Gasteiger partial charge in [-0.2, -0.15) is 0 Å². The van der Waals surface area contributed by atoms with Gasteiger partial charge in [0.15, 0.2) is 0 Å². The Balaban J connectivity index is 2.35. The zero-order valence-electron chi connectivity index (χ0n) is 12.0. The lowest BCUT2D eigenvalue weighted by molar-refractivity contribution is 0.0548. The summed E-state index contributed by atoms with van der Waals surface area (Å²) in [6.45, 7) is 3.59. The highest BCUT2D eigenvalue weighted by atomic mass is 19.1. The van der Waals surface area contributed by atoms with Crippen LogP contribution in [0.3, 0.4) is 0 Å². The van der Waals surface area contributed by atoms with Crippen LogP contribution in [0.15, 0.2) is 42.5 Å². The molecule has 0 radical (unpaired) electrons. The monoisotopic (exact) mass is 274 g/mol. The Kier molecular flexibility index (Phi) is 4.09. The number of benzene rings is 2. The van der Waals surface area contributed by atoms with Crippen LogP contribution in [0.4, 0.5) is 4.39 Å². The van der Waals surface area contributed by atoms with E-state index in [1.165, 1.54) is 12.1 Å². The van der Waals surface area contributed by atoms with Crippen LogP contribution in [0.5, 0.6) is 5.75 Å². The minimum absolute atomic E-state index is 0.261. The van der Waals surface area contributed by atoms with Gasteiger partial charge in [-0.3, -0.25) is 0 Å². The van der Waals surface area contributed by atoms with Gasteiger partial charge < -0.3 is 9.84 Å². The summed E-state index contributed by atoms with van der Waals surface area (Å²) in [7, 11) is 1.58. The molecule has 0 aliphatic carbocycles. The van der Waals surface area contributed by atoms with Crippen molar-refractivity contribution in [3.63, 3.8) is 0 Å². The second-order valence-corrected chi connectivity index (χ2v) is 5.22. The van der Waals surface area contributed by atoms with Gasteiger partial charge in [0.05, 0.1) is 12.7 Å². The van der Waals surface area contributed by atoms with Crippen molar-refractivity contribution >= 4 is 0 Å². The van der Waals surface area contributed by atoms with Gasteiger partial charge >= 0.3 is 0 Å². The molecule has 0 fully saturated rings. The van der Waals surface area contributed by atoms with Gasteiger partial charge in [0.1, 0.15) is 11.6 Å². The summed E-state index contributed by atoms with van der Waals surface area (Å²) in [5.41, 5.74) is 1.41. The van der Waals surface area contributed by atoms with Crippen molar-refractivity contribution in [2.24, 2.45) is 0 Å². The average Bonchev–Trinajstić information content (AvgIpc) is 2.42. The van der Waals surface area contributed by atoms with Crippen molar-refractivity contribution in [2.45, 2.75) is 25.9 Å². The lowest BCUT2D eigenvalue weighted by Crippen LogP contribution is -2.25. The van der Waals surface area contributed by atoms with E-state index < -0.39 is 5.60 Å². The van der Waals surface area contributed by atoms with Crippen LogP contribution in [0.25, 0.3) is 0 Å². The predicted octanol–water partition coefficient (Wildman–Crippen LogP) is 3.59. The lowest BCUT2D eigenvalue weighted by atomic mass is 9.87. The minimum atomic E-state index is -1.07. The summed E-state index contributed by atoms with van der Waals surface area (Å²) in [6.07, 6.45) is 0.402. The third kappa shape index (κ3) is 2.99. The van der Waals surface area contributed by atoms with E-state index in [4.69, 9.17) is 4.74 Å². The van der Waals surface area contributed by atoms with Gasteiger partial charge in [-0.05, 0) is 43.2 Å². The zero-order valence-corrected chi connectivity index (χ0v) is 12.0. The second kappa shape index (κ2) is 5.63. The maximum absolute atomic E-state index is 13.1. The molecule has 0 aromatic heterocycles. The molecule has 0 saturated carbocycles. The number of hydrogen-bond acceptors (Lipinski definition) is 2. The van der Waals surface area contributed by atoms with Crippen molar-refractivity contribution in [1.82, 2.24) is 0 Å². The second-order valence-electron chi connectivity index (χ2n) is 5.22. The Bertz CT molecular complexity index is 606. The van der Waals surface area contributed by atoms with Gasteiger partial charge in [0.2, 0.25) is 0 Å². The van der Waals surface area contributed by atoms with E-state index in [0.717, 1.165) is 16.7 Å². The molecule has 2 aromatic rings. The third-order valence-corrected chi connectivity index (χ3v) is 3.53. The van der Waals surface area contributed by atoms with E-state index in [0.29, 0.717) is 12.2 Å². The molecule has 1 N–H and O–H groups in total. The van der Waals surface area contributed by atoms with Crippen molar-refractivity contribution < 1.29 is 14.2 Å². The van der Waals surface area contributed by atoms with Crippen LogP contribution in [0, 0.1) is 12.7 Å². The first kappa shape index (κ1) is 14.5. The smallest absolute Gasteiger partial charge is 0.124 e. The maximum atomic E-state index is 13.1. The lowest BCUT2D eigenvalue weighted by Gasteiger charge is -2.26. The van der Waals surface area contributed by atoms with E-state index >= 15 is 0 Å². The predicted molar refractivity (Wildman–Crippen MR) is 77.4 cm³/mol. The average molecular weight is 274 g/mol. The van der Waals surface area contributed by atoms with Crippen molar-refractivity contribution in [3.8, 4) is 5.75 Å². The highest BCUT2D eigenvalue weighted by Gasteiger charge is 2.27. The highest BCUT2D eigenvalue weighted by molar-refractivity contribution is 5.39. The van der Waals surface area contributed by atoms with Gasteiger partial charge in [-0.25, -0.2) is 4.39 Å². The van der Waals surface area contributed by atoms with E-state index in [2.05, 4.69) is 0 Å². The van der Waals surface area contributed by atoms with E-state index in [9.17, 15) is 9.50 Å². The molecule has 0 aliphatic rings. The van der Waals surface area contributed by atoms with E-state index in [-0.39, 0.29) is 5.82 Å². The number of aliphatic hydroxyl groups is 1. The molecule has 106 valence electrons. The molecular weight excluding hydrogens is 255 g/mol. The molecule has 1 atom stereocenters. The number of para-hydroxylation sites is 1. The van der Waals surface area contributed by atoms with Crippen LogP contribution >= 0.6 is 0 Å². The quantitative estimate of drug-likeness (QED) is 0.923. The Labute approximate surface area is 118 Å². The molecule has 0 aliphatic heterocycles. The molecule has 0 saturated heterocycles. The van der Waals surface area contributed by atoms with Crippen molar-refractivity contribution in [1.29, 1.82) is 0 Å². The molecule has 0 spiro atoms. The number of methoxy groups -OCH3 is 1. The van der Waals surface area contributed by atoms with Crippen LogP contribution in [0.2, 0.25) is 0 Å². The molecular formula is C17H19FO2. The SMILES string of the molecule is COc1ccccc1C(C)(O)Cc1ccc(F)cc1C. The number of ether oxygens (including phenoxy) is 1. The summed E-state index contributed by atoms with van der Waals surface area (Å²) < 4.78 is 18.4. The summed E-state index contributed by atoms with van der Waals surface area (Å²) >= 11 is 0. The first-order chi connectivity index (χ1) is 9.44. The van der Waals surface area contributed by atoms with Crippen molar-refractivity contribution in [2.75, 3.05) is 7.11 Å². The van der Waals surface area contributed by atoms with Gasteiger partial charge in [0, 0.05) is 12.0 Å².